The van der Waals surface area contributed by atoms with Crippen LogP contribution in [0.3, 0.4) is 0 Å². The second-order valence-corrected chi connectivity index (χ2v) is 14.0. The predicted octanol–water partition coefficient (Wildman–Crippen LogP) is 8.04. The molecule has 3 amide bonds. The minimum atomic E-state index is -0.947. The molecule has 0 aliphatic heterocycles. The Morgan fingerprint density at radius 1 is 0.764 bits per heavy atom. The summed E-state index contributed by atoms with van der Waals surface area (Å²) in [5.41, 5.74) is 1.17. The molecule has 4 aromatic carbocycles. The van der Waals surface area contributed by atoms with E-state index in [0.29, 0.717) is 43.9 Å². The van der Waals surface area contributed by atoms with Crippen LogP contribution in [0.4, 0.5) is 4.79 Å². The van der Waals surface area contributed by atoms with Gasteiger partial charge in [-0.15, -0.1) is 6.58 Å². The molecule has 0 spiro atoms. The number of esters is 1. The van der Waals surface area contributed by atoms with Crippen molar-refractivity contribution in [2.45, 2.75) is 77.0 Å². The van der Waals surface area contributed by atoms with E-state index in [1.165, 1.54) is 13.2 Å². The van der Waals surface area contributed by atoms with Crippen molar-refractivity contribution < 1.29 is 39.6 Å². The van der Waals surface area contributed by atoms with Gasteiger partial charge in [0.2, 0.25) is 11.8 Å². The number of amides is 3. The number of fused-ring (bicyclic) bond motifs is 2. The van der Waals surface area contributed by atoms with E-state index in [9.17, 15) is 19.2 Å². The Balaban J connectivity index is 0.00000841. The fourth-order valence-electron chi connectivity index (χ4n) is 6.13. The Morgan fingerprint density at radius 3 is 1.96 bits per heavy atom. The van der Waals surface area contributed by atoms with E-state index < -0.39 is 35.7 Å². The smallest absolute Gasteiger partial charge is 0.407 e. The molecule has 0 bridgehead atoms. The highest BCUT2D eigenvalue weighted by Crippen LogP contribution is 2.45. The van der Waals surface area contributed by atoms with Gasteiger partial charge in [0.15, 0.2) is 0 Å². The Bertz CT molecular complexity index is 1980. The van der Waals surface area contributed by atoms with Crippen LogP contribution in [0.25, 0.3) is 32.7 Å². The second-order valence-electron chi connectivity index (χ2n) is 14.0. The molecule has 0 fully saturated rings. The quantitative estimate of drug-likeness (QED) is 0.0468. The Morgan fingerprint density at radius 2 is 1.38 bits per heavy atom. The van der Waals surface area contributed by atoms with Crippen LogP contribution in [0.5, 0.6) is 11.5 Å². The fourth-order valence-corrected chi connectivity index (χ4v) is 6.13. The molecule has 11 heteroatoms. The summed E-state index contributed by atoms with van der Waals surface area (Å²) in [6.45, 7) is 13.7. The molecular formula is C44H55N3O8. The van der Waals surface area contributed by atoms with Gasteiger partial charge in [-0.05, 0) is 86.6 Å². The van der Waals surface area contributed by atoms with Gasteiger partial charge < -0.3 is 34.9 Å². The molecule has 11 nitrogen and oxygen atoms in total. The van der Waals surface area contributed by atoms with Crippen LogP contribution < -0.4 is 25.4 Å². The van der Waals surface area contributed by atoms with E-state index in [0.717, 1.165) is 32.7 Å². The zero-order valence-electron chi connectivity index (χ0n) is 32.3. The van der Waals surface area contributed by atoms with Crippen molar-refractivity contribution in [3.63, 3.8) is 0 Å². The standard InChI is InChI=1S/C44H53N3O8.H2/c1-7-16-35(42(50)52-6)47-41(49)34(21-13-14-27-45-43(51)55-44(3,4)5)46-38(48)22-15-29-54-37-26-24-31-18-10-12-20-33(31)40(37)39-32-19-11-9-17-30(32)23-25-36(39)53-28-8-2;/h7-12,17-20,23-26,34-35H,1-2,13-16,21-22,27-29H2,3-6H3,(H,45,51)(H,46,48)(H,47,49);1H/t34-,35+;/m1./s1/i;1+1. The van der Waals surface area contributed by atoms with Crippen LogP contribution in [-0.4, -0.2) is 68.4 Å². The Kier molecular flexibility index (Phi) is 15.7. The molecule has 0 aromatic heterocycles. The number of benzene rings is 4. The third-order valence-electron chi connectivity index (χ3n) is 8.64. The first-order valence-corrected chi connectivity index (χ1v) is 18.6. The highest BCUT2D eigenvalue weighted by Gasteiger charge is 2.27. The number of carbonyl (C=O) groups is 4. The highest BCUT2D eigenvalue weighted by molar-refractivity contribution is 6.09. The van der Waals surface area contributed by atoms with Crippen molar-refractivity contribution in [1.82, 2.24) is 16.0 Å². The maximum absolute atomic E-state index is 13.4. The number of ether oxygens (including phenoxy) is 4. The summed E-state index contributed by atoms with van der Waals surface area (Å²) in [6, 6.07) is 22.3. The predicted molar refractivity (Wildman–Crippen MR) is 218 cm³/mol. The number of alkyl carbamates (subject to hydrolysis) is 1. The third kappa shape index (κ3) is 12.3. The van der Waals surface area contributed by atoms with Gasteiger partial charge in [0, 0.05) is 25.5 Å². The number of hydrogen-bond donors (Lipinski definition) is 3. The molecule has 3 N–H and O–H groups in total. The summed E-state index contributed by atoms with van der Waals surface area (Å²) >= 11 is 0. The van der Waals surface area contributed by atoms with Crippen LogP contribution >= 0.6 is 0 Å². The number of rotatable bonds is 20. The molecule has 0 radical (unpaired) electrons. The van der Waals surface area contributed by atoms with E-state index in [4.69, 9.17) is 18.9 Å². The molecule has 0 saturated heterocycles. The van der Waals surface area contributed by atoms with Gasteiger partial charge in [-0.1, -0.05) is 79.4 Å². The molecule has 0 aliphatic rings. The van der Waals surface area contributed by atoms with Crippen LogP contribution in [-0.2, 0) is 23.9 Å². The van der Waals surface area contributed by atoms with Gasteiger partial charge in [0.05, 0.1) is 13.7 Å². The van der Waals surface area contributed by atoms with Crippen LogP contribution in [0, 0.1) is 0 Å². The molecule has 0 unspecified atom stereocenters. The van der Waals surface area contributed by atoms with Gasteiger partial charge in [-0.2, -0.15) is 0 Å². The summed E-state index contributed by atoms with van der Waals surface area (Å²) in [7, 11) is 1.24. The van der Waals surface area contributed by atoms with Crippen LogP contribution in [0.15, 0.2) is 98.1 Å². The van der Waals surface area contributed by atoms with Gasteiger partial charge in [0.25, 0.3) is 0 Å². The first-order chi connectivity index (χ1) is 26.4. The Hall–Kier alpha value is -5.84. The lowest BCUT2D eigenvalue weighted by Crippen LogP contribution is -2.51. The van der Waals surface area contributed by atoms with E-state index in [1.807, 2.05) is 48.5 Å². The molecule has 2 atom stereocenters. The van der Waals surface area contributed by atoms with Crippen molar-refractivity contribution in [2.75, 3.05) is 26.9 Å². The van der Waals surface area contributed by atoms with Gasteiger partial charge in [-0.25, -0.2) is 9.59 Å². The summed E-state index contributed by atoms with van der Waals surface area (Å²) in [4.78, 5) is 51.0. The minimum Gasteiger partial charge on any atom is -0.493 e. The number of nitrogens with one attached hydrogen (secondary N) is 3. The minimum absolute atomic E-state index is 0. The zero-order chi connectivity index (χ0) is 39.8. The van der Waals surface area contributed by atoms with Crippen LogP contribution in [0.1, 0.15) is 60.7 Å². The SMILES string of the molecule is C=CCOc1ccc2ccccc2c1-c1c(OCCCC(=O)N[C@H](CCCCNC(=O)OC(C)(C)C)C(=O)N[C@@H](CC=C)C(=O)OC)ccc2ccccc12.[2HH]. The van der Waals surface area contributed by atoms with Gasteiger partial charge in [-0.3, -0.25) is 9.59 Å². The lowest BCUT2D eigenvalue weighted by Gasteiger charge is -2.22. The normalized spacial score (nSPS) is 12.2. The monoisotopic (exact) mass is 754 g/mol. The largest absolute Gasteiger partial charge is 0.493 e. The molecule has 0 aliphatic carbocycles. The molecule has 0 saturated carbocycles. The van der Waals surface area contributed by atoms with E-state index in [-0.39, 0.29) is 33.2 Å². The van der Waals surface area contributed by atoms with E-state index in [1.54, 1.807) is 26.8 Å². The summed E-state index contributed by atoms with van der Waals surface area (Å²) in [6.07, 6.45) is 4.60. The number of carbonyl (C=O) groups excluding carboxylic acids is 4. The number of methoxy groups -OCH3 is 1. The average Bonchev–Trinajstić information content (AvgIpc) is 3.16. The zero-order valence-corrected chi connectivity index (χ0v) is 32.3. The summed E-state index contributed by atoms with van der Waals surface area (Å²) in [5.74, 6) is -0.138. The number of hydrogen-bond acceptors (Lipinski definition) is 8. The highest BCUT2D eigenvalue weighted by atomic mass is 16.6. The number of unbranched alkanes of at least 4 members (excludes halogenated alkanes) is 1. The van der Waals surface area contributed by atoms with Crippen molar-refractivity contribution in [3.05, 3.63) is 98.1 Å². The molecule has 0 heterocycles. The fraction of sp³-hybridized carbons (Fsp3) is 0.364. The second kappa shape index (κ2) is 20.6. The van der Waals surface area contributed by atoms with E-state index >= 15 is 0 Å². The van der Waals surface area contributed by atoms with Gasteiger partial charge >= 0.3 is 12.1 Å². The average molecular weight is 755 g/mol. The molecule has 4 rings (SSSR count). The van der Waals surface area contributed by atoms with E-state index in [2.05, 4.69) is 53.4 Å². The maximum atomic E-state index is 13.4. The molecule has 4 aromatic rings. The van der Waals surface area contributed by atoms with Gasteiger partial charge in [0.1, 0.15) is 35.8 Å². The summed E-state index contributed by atoms with van der Waals surface area (Å²) in [5, 5.41) is 12.3. The molecule has 55 heavy (non-hydrogen) atoms. The first-order valence-electron chi connectivity index (χ1n) is 18.6. The van der Waals surface area contributed by atoms with Crippen LogP contribution in [0.2, 0.25) is 0 Å². The van der Waals surface area contributed by atoms with Crippen molar-refractivity contribution in [1.29, 1.82) is 0 Å². The maximum Gasteiger partial charge on any atom is 0.407 e. The lowest BCUT2D eigenvalue weighted by atomic mass is 9.92. The molecular weight excluding hydrogens is 698 g/mol. The topological polar surface area (TPSA) is 141 Å². The summed E-state index contributed by atoms with van der Waals surface area (Å²) < 4.78 is 22.7. The third-order valence-corrected chi connectivity index (χ3v) is 8.64. The lowest BCUT2D eigenvalue weighted by molar-refractivity contribution is -0.145. The van der Waals surface area contributed by atoms with Crippen molar-refractivity contribution in [2.24, 2.45) is 0 Å². The van der Waals surface area contributed by atoms with Crippen molar-refractivity contribution in [3.8, 4) is 22.6 Å². The molecule has 294 valence electrons. The van der Waals surface area contributed by atoms with Crippen molar-refractivity contribution >= 4 is 45.4 Å². The first kappa shape index (κ1) is 41.9. The Labute approximate surface area is 324 Å².